The van der Waals surface area contributed by atoms with Crippen LogP contribution in [0.4, 0.5) is 5.69 Å². The maximum atomic E-state index is 12.5. The van der Waals surface area contributed by atoms with Gasteiger partial charge in [-0.15, -0.1) is 22.0 Å². The Hall–Kier alpha value is -3.56. The number of anilines is 1. The summed E-state index contributed by atoms with van der Waals surface area (Å²) in [6.07, 6.45) is 0. The highest BCUT2D eigenvalue weighted by Crippen LogP contribution is 2.27. The number of thioether (sulfide) groups is 2. The molecular weight excluding hydrogens is 456 g/mol. The first-order valence-electron chi connectivity index (χ1n) is 10.0. The van der Waals surface area contributed by atoms with Crippen molar-refractivity contribution in [2.24, 2.45) is 0 Å². The highest BCUT2D eigenvalue weighted by Gasteiger charge is 2.16. The number of benzene rings is 3. The van der Waals surface area contributed by atoms with E-state index in [1.54, 1.807) is 23.9 Å². The molecule has 9 heteroatoms. The van der Waals surface area contributed by atoms with Crippen molar-refractivity contribution < 1.29 is 14.7 Å². The second-order valence-corrected chi connectivity index (χ2v) is 8.89. The maximum Gasteiger partial charge on any atom is 0.335 e. The molecule has 0 atom stereocenters. The van der Waals surface area contributed by atoms with Crippen LogP contribution in [0.3, 0.4) is 0 Å². The summed E-state index contributed by atoms with van der Waals surface area (Å²) in [5.74, 6) is 0.212. The minimum absolute atomic E-state index is 0.105. The zero-order valence-electron chi connectivity index (χ0n) is 17.4. The van der Waals surface area contributed by atoms with Crippen LogP contribution in [0.5, 0.6) is 0 Å². The monoisotopic (exact) mass is 476 g/mol. The normalized spacial score (nSPS) is 10.7. The Kier molecular flexibility index (Phi) is 7.43. The Morgan fingerprint density at radius 2 is 1.61 bits per heavy atom. The van der Waals surface area contributed by atoms with Gasteiger partial charge in [-0.1, -0.05) is 54.2 Å². The van der Waals surface area contributed by atoms with Gasteiger partial charge in [-0.25, -0.2) is 4.79 Å². The van der Waals surface area contributed by atoms with Crippen LogP contribution in [-0.2, 0) is 10.5 Å². The molecule has 0 unspecified atom stereocenters. The number of hydrogen-bond donors (Lipinski definition) is 2. The third-order valence-corrected chi connectivity index (χ3v) is 6.49. The number of carboxylic acids is 1. The van der Waals surface area contributed by atoms with Gasteiger partial charge in [-0.3, -0.25) is 9.36 Å². The number of nitrogens with one attached hydrogen (secondary N) is 1. The van der Waals surface area contributed by atoms with Crippen LogP contribution in [0.15, 0.2) is 95.0 Å². The van der Waals surface area contributed by atoms with Crippen molar-refractivity contribution in [3.63, 3.8) is 0 Å². The summed E-state index contributed by atoms with van der Waals surface area (Å²) in [4.78, 5) is 24.8. The van der Waals surface area contributed by atoms with Crippen LogP contribution in [0.25, 0.3) is 5.69 Å². The smallest absolute Gasteiger partial charge is 0.335 e. The molecule has 33 heavy (non-hydrogen) atoms. The maximum absolute atomic E-state index is 12.5. The van der Waals surface area contributed by atoms with Gasteiger partial charge in [0.1, 0.15) is 5.82 Å². The summed E-state index contributed by atoms with van der Waals surface area (Å²) in [5.41, 5.74) is 1.47. The summed E-state index contributed by atoms with van der Waals surface area (Å²) >= 11 is 2.94. The second-order valence-electron chi connectivity index (χ2n) is 6.89. The minimum atomic E-state index is -1.04. The SMILES string of the molecule is O=C(CSc1nnc(CSc2ccccc2)n1-c1ccccc1)Nc1cccc(C(=O)O)c1. The Morgan fingerprint density at radius 3 is 2.33 bits per heavy atom. The number of carboxylic acid groups (broad SMARTS) is 1. The van der Waals surface area contributed by atoms with Crippen molar-refractivity contribution in [2.45, 2.75) is 15.8 Å². The lowest BCUT2D eigenvalue weighted by molar-refractivity contribution is -0.113. The molecule has 0 radical (unpaired) electrons. The van der Waals surface area contributed by atoms with E-state index in [-0.39, 0.29) is 17.2 Å². The Bertz CT molecular complexity index is 1250. The second kappa shape index (κ2) is 10.8. The van der Waals surface area contributed by atoms with E-state index in [9.17, 15) is 9.59 Å². The molecule has 0 bridgehead atoms. The predicted molar refractivity (Wildman–Crippen MR) is 130 cm³/mol. The van der Waals surface area contributed by atoms with Gasteiger partial charge in [-0.05, 0) is 42.5 Å². The van der Waals surface area contributed by atoms with E-state index < -0.39 is 5.97 Å². The molecule has 1 aromatic heterocycles. The van der Waals surface area contributed by atoms with Gasteiger partial charge in [-0.2, -0.15) is 0 Å². The topological polar surface area (TPSA) is 97.1 Å². The van der Waals surface area contributed by atoms with E-state index in [2.05, 4.69) is 15.5 Å². The van der Waals surface area contributed by atoms with E-state index in [1.165, 1.54) is 23.9 Å². The van der Waals surface area contributed by atoms with Gasteiger partial charge < -0.3 is 10.4 Å². The highest BCUT2D eigenvalue weighted by atomic mass is 32.2. The molecule has 0 aliphatic rings. The molecular formula is C24H20N4O3S2. The number of carbonyl (C=O) groups is 2. The first-order chi connectivity index (χ1) is 16.1. The molecule has 3 aromatic carbocycles. The first-order valence-corrected chi connectivity index (χ1v) is 12.0. The van der Waals surface area contributed by atoms with Gasteiger partial charge in [0.2, 0.25) is 5.91 Å². The number of carbonyl (C=O) groups excluding carboxylic acids is 1. The third kappa shape index (κ3) is 6.03. The van der Waals surface area contributed by atoms with Crippen LogP contribution in [0.1, 0.15) is 16.2 Å². The van der Waals surface area contributed by atoms with Crippen LogP contribution in [0, 0.1) is 0 Å². The molecule has 0 aliphatic heterocycles. The number of amides is 1. The molecule has 0 saturated carbocycles. The van der Waals surface area contributed by atoms with E-state index in [4.69, 9.17) is 5.11 Å². The van der Waals surface area contributed by atoms with Gasteiger partial charge in [0.25, 0.3) is 0 Å². The number of hydrogen-bond acceptors (Lipinski definition) is 6. The van der Waals surface area contributed by atoms with E-state index in [0.717, 1.165) is 16.4 Å². The van der Waals surface area contributed by atoms with Crippen LogP contribution in [-0.4, -0.2) is 37.5 Å². The lowest BCUT2D eigenvalue weighted by Gasteiger charge is -2.10. The lowest BCUT2D eigenvalue weighted by Crippen LogP contribution is -2.15. The van der Waals surface area contributed by atoms with Crippen LogP contribution >= 0.6 is 23.5 Å². The molecule has 0 spiro atoms. The van der Waals surface area contributed by atoms with Gasteiger partial charge in [0, 0.05) is 16.3 Å². The molecule has 4 aromatic rings. The fourth-order valence-electron chi connectivity index (χ4n) is 3.05. The quantitative estimate of drug-likeness (QED) is 0.329. The number of aromatic nitrogens is 3. The van der Waals surface area contributed by atoms with Crippen LogP contribution in [0.2, 0.25) is 0 Å². The van der Waals surface area contributed by atoms with E-state index in [0.29, 0.717) is 16.6 Å². The average Bonchev–Trinajstić information content (AvgIpc) is 3.25. The molecule has 2 N–H and O–H groups in total. The number of rotatable bonds is 9. The first kappa shape index (κ1) is 22.6. The van der Waals surface area contributed by atoms with Gasteiger partial charge >= 0.3 is 5.97 Å². The molecule has 4 rings (SSSR count). The van der Waals surface area contributed by atoms with Crippen molar-refractivity contribution >= 4 is 41.1 Å². The van der Waals surface area contributed by atoms with Crippen molar-refractivity contribution in [2.75, 3.05) is 11.1 Å². The molecule has 1 heterocycles. The summed E-state index contributed by atoms with van der Waals surface area (Å²) in [6.45, 7) is 0. The lowest BCUT2D eigenvalue weighted by atomic mass is 10.2. The number of nitrogens with zero attached hydrogens (tertiary/aromatic N) is 3. The summed E-state index contributed by atoms with van der Waals surface area (Å²) in [5, 5.41) is 21.2. The standard InChI is InChI=1S/C24H20N4O3S2/c29-22(25-18-9-7-8-17(14-18)23(30)31)16-33-24-27-26-21(15-32-20-12-5-2-6-13-20)28(24)19-10-3-1-4-11-19/h1-14H,15-16H2,(H,25,29)(H,30,31). The zero-order chi connectivity index (χ0) is 23.0. The zero-order valence-corrected chi connectivity index (χ0v) is 19.1. The van der Waals surface area contributed by atoms with E-state index >= 15 is 0 Å². The largest absolute Gasteiger partial charge is 0.478 e. The Balaban J connectivity index is 1.47. The molecule has 0 aliphatic carbocycles. The average molecular weight is 477 g/mol. The molecule has 1 amide bonds. The number of para-hydroxylation sites is 1. The minimum Gasteiger partial charge on any atom is -0.478 e. The van der Waals surface area contributed by atoms with Gasteiger partial charge in [0.15, 0.2) is 5.16 Å². The fraction of sp³-hybridized carbons (Fsp3) is 0.0833. The molecule has 0 fully saturated rings. The third-order valence-electron chi connectivity index (χ3n) is 4.55. The summed E-state index contributed by atoms with van der Waals surface area (Å²) < 4.78 is 1.96. The van der Waals surface area contributed by atoms with Crippen molar-refractivity contribution in [1.82, 2.24) is 14.8 Å². The summed E-state index contributed by atoms with van der Waals surface area (Å²) in [7, 11) is 0. The predicted octanol–water partition coefficient (Wildman–Crippen LogP) is 4.99. The molecule has 0 saturated heterocycles. The molecule has 166 valence electrons. The van der Waals surface area contributed by atoms with Crippen molar-refractivity contribution in [1.29, 1.82) is 0 Å². The van der Waals surface area contributed by atoms with E-state index in [1.807, 2.05) is 65.2 Å². The number of aromatic carboxylic acids is 1. The van der Waals surface area contributed by atoms with Crippen LogP contribution < -0.4 is 5.32 Å². The summed E-state index contributed by atoms with van der Waals surface area (Å²) in [6, 6.07) is 26.0. The Morgan fingerprint density at radius 1 is 0.879 bits per heavy atom. The fourth-order valence-corrected chi connectivity index (χ4v) is 4.65. The highest BCUT2D eigenvalue weighted by molar-refractivity contribution is 7.99. The van der Waals surface area contributed by atoms with Gasteiger partial charge in [0.05, 0.1) is 17.1 Å². The Labute approximate surface area is 199 Å². The van der Waals surface area contributed by atoms with Crippen molar-refractivity contribution in [3.8, 4) is 5.69 Å². The molecule has 7 nitrogen and oxygen atoms in total. The van der Waals surface area contributed by atoms with Crippen molar-refractivity contribution in [3.05, 3.63) is 96.3 Å².